The van der Waals surface area contributed by atoms with Gasteiger partial charge in [-0.25, -0.2) is 0 Å². The van der Waals surface area contributed by atoms with Crippen LogP contribution in [0.25, 0.3) is 9.40 Å². The molecule has 0 radical (unpaired) electrons. The minimum Gasteiger partial charge on any atom is -0.293 e. The van der Waals surface area contributed by atoms with Crippen molar-refractivity contribution in [3.05, 3.63) is 22.4 Å². The summed E-state index contributed by atoms with van der Waals surface area (Å²) in [6.45, 7) is 0. The molecule has 0 saturated carbocycles. The van der Waals surface area contributed by atoms with Crippen LogP contribution in [0.2, 0.25) is 0 Å². The summed E-state index contributed by atoms with van der Waals surface area (Å²) < 4.78 is 2.48. The number of rotatable bonds is 4. The number of Topliss-reactive ketones (excluding diaryl/α,β-unsaturated/α-hetero) is 1. The van der Waals surface area contributed by atoms with Crippen molar-refractivity contribution < 1.29 is 4.79 Å². The van der Waals surface area contributed by atoms with Crippen LogP contribution in [0.4, 0.5) is 0 Å². The Morgan fingerprint density at radius 3 is 3.07 bits per heavy atom. The molecule has 2 rings (SSSR count). The van der Waals surface area contributed by atoms with Gasteiger partial charge in [0.15, 0.2) is 5.78 Å². The molecule has 74 valence electrons. The summed E-state index contributed by atoms with van der Waals surface area (Å²) in [4.78, 5) is 12.6. The molecule has 0 aromatic carbocycles. The van der Waals surface area contributed by atoms with Crippen molar-refractivity contribution in [2.45, 2.75) is 6.42 Å². The summed E-state index contributed by atoms with van der Waals surface area (Å²) in [5.41, 5.74) is 0. The van der Waals surface area contributed by atoms with E-state index in [9.17, 15) is 4.79 Å². The molecule has 2 heterocycles. The van der Waals surface area contributed by atoms with Gasteiger partial charge in [0.2, 0.25) is 0 Å². The monoisotopic (exact) mass is 242 g/mol. The highest BCUT2D eigenvalue weighted by Crippen LogP contribution is 2.30. The zero-order valence-electron chi connectivity index (χ0n) is 7.78. The Hall–Kier alpha value is -0.320. The second kappa shape index (κ2) is 4.47. The van der Waals surface area contributed by atoms with Gasteiger partial charge in [0, 0.05) is 21.6 Å². The fraction of sp³-hybridized carbons (Fsp3) is 0.300. The summed E-state index contributed by atoms with van der Waals surface area (Å²) in [5, 5.41) is 2.07. The Balaban J connectivity index is 2.18. The van der Waals surface area contributed by atoms with E-state index in [-0.39, 0.29) is 5.78 Å². The number of ketones is 1. The van der Waals surface area contributed by atoms with Crippen molar-refractivity contribution in [3.63, 3.8) is 0 Å². The Morgan fingerprint density at radius 1 is 1.50 bits per heavy atom. The highest BCUT2D eigenvalue weighted by atomic mass is 32.2. The largest absolute Gasteiger partial charge is 0.293 e. The third-order valence-electron chi connectivity index (χ3n) is 1.95. The number of fused-ring (bicyclic) bond motifs is 1. The topological polar surface area (TPSA) is 17.1 Å². The molecule has 1 nitrogen and oxygen atoms in total. The van der Waals surface area contributed by atoms with Gasteiger partial charge in [-0.05, 0) is 23.8 Å². The number of thiophene rings is 2. The molecule has 0 saturated heterocycles. The van der Waals surface area contributed by atoms with Gasteiger partial charge in [0.25, 0.3) is 0 Å². The van der Waals surface area contributed by atoms with E-state index in [1.54, 1.807) is 34.4 Å². The molecule has 0 amide bonds. The van der Waals surface area contributed by atoms with Crippen molar-refractivity contribution in [1.29, 1.82) is 0 Å². The maximum absolute atomic E-state index is 11.7. The van der Waals surface area contributed by atoms with Crippen LogP contribution >= 0.6 is 34.4 Å². The first kappa shape index (κ1) is 10.2. The predicted octanol–water partition coefficient (Wildman–Crippen LogP) is 3.90. The summed E-state index contributed by atoms with van der Waals surface area (Å²) in [5.74, 6) is 1.21. The highest BCUT2D eigenvalue weighted by molar-refractivity contribution is 7.98. The van der Waals surface area contributed by atoms with Gasteiger partial charge in [0.05, 0.1) is 4.88 Å². The normalized spacial score (nSPS) is 10.9. The molecule has 0 aliphatic heterocycles. The Labute approximate surface area is 95.1 Å². The minimum absolute atomic E-state index is 0.285. The lowest BCUT2D eigenvalue weighted by atomic mass is 10.2. The highest BCUT2D eigenvalue weighted by Gasteiger charge is 2.10. The van der Waals surface area contributed by atoms with Gasteiger partial charge in [-0.2, -0.15) is 11.8 Å². The summed E-state index contributed by atoms with van der Waals surface area (Å²) >= 11 is 5.04. The average molecular weight is 242 g/mol. The SMILES string of the molecule is CSCCC(=O)c1cc2sccc2s1. The van der Waals surface area contributed by atoms with Gasteiger partial charge in [-0.1, -0.05) is 0 Å². The molecule has 4 heteroatoms. The summed E-state index contributed by atoms with van der Waals surface area (Å²) in [6, 6.07) is 4.10. The number of hydrogen-bond donors (Lipinski definition) is 0. The number of thioether (sulfide) groups is 1. The zero-order chi connectivity index (χ0) is 9.97. The maximum atomic E-state index is 11.7. The number of carbonyl (C=O) groups is 1. The fourth-order valence-electron chi connectivity index (χ4n) is 1.22. The first-order chi connectivity index (χ1) is 6.81. The van der Waals surface area contributed by atoms with E-state index in [1.165, 1.54) is 9.40 Å². The van der Waals surface area contributed by atoms with E-state index in [1.807, 2.05) is 12.3 Å². The number of hydrogen-bond acceptors (Lipinski definition) is 4. The van der Waals surface area contributed by atoms with Crippen LogP contribution < -0.4 is 0 Å². The average Bonchev–Trinajstić information content (AvgIpc) is 2.72. The van der Waals surface area contributed by atoms with Crippen molar-refractivity contribution in [2.75, 3.05) is 12.0 Å². The van der Waals surface area contributed by atoms with Crippen molar-refractivity contribution in [3.8, 4) is 0 Å². The van der Waals surface area contributed by atoms with Gasteiger partial charge in [-0.15, -0.1) is 22.7 Å². The van der Waals surface area contributed by atoms with E-state index in [0.29, 0.717) is 6.42 Å². The molecule has 0 atom stereocenters. The van der Waals surface area contributed by atoms with Crippen LogP contribution in [0.3, 0.4) is 0 Å². The second-order valence-electron chi connectivity index (χ2n) is 2.93. The van der Waals surface area contributed by atoms with E-state index >= 15 is 0 Å². The Bertz CT molecular complexity index is 412. The lowest BCUT2D eigenvalue weighted by Crippen LogP contribution is -1.96. The molecule has 0 N–H and O–H groups in total. The molecular formula is C10H10OS3. The van der Waals surface area contributed by atoms with Gasteiger partial charge < -0.3 is 0 Å². The third kappa shape index (κ3) is 2.02. The smallest absolute Gasteiger partial charge is 0.173 e. The minimum atomic E-state index is 0.285. The van der Waals surface area contributed by atoms with Crippen LogP contribution in [0.1, 0.15) is 16.1 Å². The number of carbonyl (C=O) groups excluding carboxylic acids is 1. The molecule has 14 heavy (non-hydrogen) atoms. The van der Waals surface area contributed by atoms with Gasteiger partial charge >= 0.3 is 0 Å². The predicted molar refractivity (Wildman–Crippen MR) is 67.0 cm³/mol. The van der Waals surface area contributed by atoms with Gasteiger partial charge in [-0.3, -0.25) is 4.79 Å². The quantitative estimate of drug-likeness (QED) is 0.756. The molecule has 2 aromatic rings. The molecule has 0 spiro atoms. The fourth-order valence-corrected chi connectivity index (χ4v) is 3.69. The van der Waals surface area contributed by atoms with E-state index in [2.05, 4.69) is 11.4 Å². The molecular weight excluding hydrogens is 232 g/mol. The summed E-state index contributed by atoms with van der Waals surface area (Å²) in [7, 11) is 0. The van der Waals surface area contributed by atoms with E-state index in [0.717, 1.165) is 10.6 Å². The molecule has 0 aliphatic rings. The molecule has 0 bridgehead atoms. The van der Waals surface area contributed by atoms with Crippen molar-refractivity contribution in [2.24, 2.45) is 0 Å². The molecule has 0 unspecified atom stereocenters. The van der Waals surface area contributed by atoms with E-state index < -0.39 is 0 Å². The lowest BCUT2D eigenvalue weighted by Gasteiger charge is -1.93. The lowest BCUT2D eigenvalue weighted by molar-refractivity contribution is 0.0993. The van der Waals surface area contributed by atoms with Gasteiger partial charge in [0.1, 0.15) is 0 Å². The zero-order valence-corrected chi connectivity index (χ0v) is 10.2. The maximum Gasteiger partial charge on any atom is 0.173 e. The molecule has 0 fully saturated rings. The van der Waals surface area contributed by atoms with Crippen molar-refractivity contribution in [1.82, 2.24) is 0 Å². The van der Waals surface area contributed by atoms with Crippen LogP contribution in [-0.2, 0) is 0 Å². The third-order valence-corrected chi connectivity index (χ3v) is 4.69. The Morgan fingerprint density at radius 2 is 2.36 bits per heavy atom. The molecule has 2 aromatic heterocycles. The summed E-state index contributed by atoms with van der Waals surface area (Å²) in [6.07, 6.45) is 2.69. The van der Waals surface area contributed by atoms with Crippen LogP contribution in [0.15, 0.2) is 17.5 Å². The van der Waals surface area contributed by atoms with Crippen LogP contribution in [0, 0.1) is 0 Å². The standard InChI is InChI=1S/C10H10OS3/c1-12-4-2-7(11)9-6-10-8(14-9)3-5-13-10/h3,5-6H,2,4H2,1H3. The first-order valence-corrected chi connectivity index (χ1v) is 7.39. The second-order valence-corrected chi connectivity index (χ2v) is 5.94. The first-order valence-electron chi connectivity index (χ1n) is 4.30. The van der Waals surface area contributed by atoms with Crippen LogP contribution in [0.5, 0.6) is 0 Å². The Kier molecular flexibility index (Phi) is 3.26. The van der Waals surface area contributed by atoms with E-state index in [4.69, 9.17) is 0 Å². The van der Waals surface area contributed by atoms with Crippen LogP contribution in [-0.4, -0.2) is 17.8 Å². The van der Waals surface area contributed by atoms with Crippen molar-refractivity contribution >= 4 is 49.6 Å². The molecule has 0 aliphatic carbocycles.